The van der Waals surface area contributed by atoms with E-state index >= 15 is 0 Å². The monoisotopic (exact) mass is 316 g/mol. The van der Waals surface area contributed by atoms with Crippen LogP contribution >= 0.6 is 0 Å². The van der Waals surface area contributed by atoms with E-state index in [1.807, 2.05) is 6.07 Å². The van der Waals surface area contributed by atoms with Gasteiger partial charge in [-0.2, -0.15) is 0 Å². The van der Waals surface area contributed by atoms with Gasteiger partial charge in [0.15, 0.2) is 0 Å². The molecule has 2 aliphatic heterocycles. The van der Waals surface area contributed by atoms with Crippen LogP contribution < -0.4 is 0 Å². The minimum absolute atomic E-state index is 0.0655. The van der Waals surface area contributed by atoms with Gasteiger partial charge in [0, 0.05) is 43.7 Å². The molecule has 1 saturated heterocycles. The van der Waals surface area contributed by atoms with Gasteiger partial charge in [-0.1, -0.05) is 12.1 Å². The summed E-state index contributed by atoms with van der Waals surface area (Å²) < 4.78 is 14.1. The molecule has 0 radical (unpaired) electrons. The van der Waals surface area contributed by atoms with Crippen LogP contribution in [0.25, 0.3) is 0 Å². The molecule has 1 spiro atoms. The van der Waals surface area contributed by atoms with Crippen LogP contribution in [-0.4, -0.2) is 40.4 Å². The summed E-state index contributed by atoms with van der Waals surface area (Å²) in [6, 6.07) is 5.94. The lowest BCUT2D eigenvalue weighted by molar-refractivity contribution is -0.148. The molecule has 1 aromatic rings. The Morgan fingerprint density at radius 3 is 2.87 bits per heavy atom. The second-order valence-corrected chi connectivity index (χ2v) is 7.51. The lowest BCUT2D eigenvalue weighted by Gasteiger charge is -2.59. The van der Waals surface area contributed by atoms with E-state index in [4.69, 9.17) is 0 Å². The number of carbonyl (C=O) groups excluding carboxylic acids is 1. The van der Waals surface area contributed by atoms with Crippen molar-refractivity contribution in [1.82, 2.24) is 9.80 Å². The van der Waals surface area contributed by atoms with Crippen molar-refractivity contribution >= 4 is 5.91 Å². The largest absolute Gasteiger partial charge is 0.337 e. The van der Waals surface area contributed by atoms with Gasteiger partial charge in [-0.3, -0.25) is 9.69 Å². The molecule has 0 atom stereocenters. The molecule has 1 amide bonds. The molecular weight excluding hydrogens is 291 g/mol. The van der Waals surface area contributed by atoms with Gasteiger partial charge in [-0.15, -0.1) is 0 Å². The molecule has 1 aromatic carbocycles. The first kappa shape index (κ1) is 15.1. The molecule has 3 nitrogen and oxygen atoms in total. The van der Waals surface area contributed by atoms with Crippen LogP contribution in [0.15, 0.2) is 18.2 Å². The Bertz CT molecular complexity index is 624. The molecule has 2 heterocycles. The highest BCUT2D eigenvalue weighted by Crippen LogP contribution is 2.47. The molecular formula is C19H25FN2O. The van der Waals surface area contributed by atoms with Crippen LogP contribution in [0.1, 0.15) is 50.2 Å². The molecule has 0 unspecified atom stereocenters. The fraction of sp³-hybridized carbons (Fsp3) is 0.632. The van der Waals surface area contributed by atoms with Gasteiger partial charge in [-0.25, -0.2) is 4.39 Å². The zero-order valence-electron chi connectivity index (χ0n) is 13.9. The lowest BCUT2D eigenvalue weighted by atomic mass is 9.66. The molecule has 3 aliphatic rings. The number of rotatable bonds is 1. The van der Waals surface area contributed by atoms with Crippen LogP contribution in [0.3, 0.4) is 0 Å². The number of piperidine rings is 1. The second kappa shape index (κ2) is 5.59. The Morgan fingerprint density at radius 2 is 2.09 bits per heavy atom. The van der Waals surface area contributed by atoms with E-state index in [1.54, 1.807) is 13.0 Å². The van der Waals surface area contributed by atoms with E-state index in [0.717, 1.165) is 57.3 Å². The quantitative estimate of drug-likeness (QED) is 0.795. The fourth-order valence-electron chi connectivity index (χ4n) is 4.96. The predicted octanol–water partition coefficient (Wildman–Crippen LogP) is 3.12. The highest BCUT2D eigenvalue weighted by molar-refractivity contribution is 5.74. The van der Waals surface area contributed by atoms with Crippen LogP contribution in [0, 0.1) is 5.82 Å². The molecule has 0 N–H and O–H groups in total. The van der Waals surface area contributed by atoms with Gasteiger partial charge in [0.05, 0.1) is 0 Å². The maximum atomic E-state index is 14.1. The molecule has 2 fully saturated rings. The van der Waals surface area contributed by atoms with E-state index < -0.39 is 0 Å². The van der Waals surface area contributed by atoms with Crippen molar-refractivity contribution in [3.05, 3.63) is 35.1 Å². The van der Waals surface area contributed by atoms with Crippen molar-refractivity contribution in [2.24, 2.45) is 0 Å². The second-order valence-electron chi connectivity index (χ2n) is 7.51. The SMILES string of the molecule is CC(=O)N1CCCCC12CC(N1CCc3cccc(F)c3C1)C2. The van der Waals surface area contributed by atoms with Gasteiger partial charge < -0.3 is 4.90 Å². The summed E-state index contributed by atoms with van der Waals surface area (Å²) in [5.41, 5.74) is 2.15. The van der Waals surface area contributed by atoms with Gasteiger partial charge in [-0.05, 0) is 50.2 Å². The van der Waals surface area contributed by atoms with Crippen molar-refractivity contribution in [2.45, 2.75) is 63.6 Å². The number of fused-ring (bicyclic) bond motifs is 1. The Balaban J connectivity index is 1.46. The number of amides is 1. The molecule has 1 saturated carbocycles. The minimum Gasteiger partial charge on any atom is -0.337 e. The summed E-state index contributed by atoms with van der Waals surface area (Å²) in [6.45, 7) is 4.35. The smallest absolute Gasteiger partial charge is 0.219 e. The maximum Gasteiger partial charge on any atom is 0.219 e. The van der Waals surface area contributed by atoms with Crippen molar-refractivity contribution in [3.8, 4) is 0 Å². The van der Waals surface area contributed by atoms with Crippen molar-refractivity contribution in [2.75, 3.05) is 13.1 Å². The lowest BCUT2D eigenvalue weighted by Crippen LogP contribution is -2.66. The Kier molecular flexibility index (Phi) is 3.67. The summed E-state index contributed by atoms with van der Waals surface area (Å²) in [4.78, 5) is 16.5. The molecule has 4 heteroatoms. The Labute approximate surface area is 137 Å². The number of hydrogen-bond donors (Lipinski definition) is 0. The third-order valence-corrected chi connectivity index (χ3v) is 6.22. The van der Waals surface area contributed by atoms with Crippen molar-refractivity contribution in [3.63, 3.8) is 0 Å². The Morgan fingerprint density at radius 1 is 1.26 bits per heavy atom. The highest BCUT2D eigenvalue weighted by atomic mass is 19.1. The van der Waals surface area contributed by atoms with Crippen molar-refractivity contribution in [1.29, 1.82) is 0 Å². The summed E-state index contributed by atoms with van der Waals surface area (Å²) >= 11 is 0. The van der Waals surface area contributed by atoms with E-state index in [9.17, 15) is 9.18 Å². The Hall–Kier alpha value is -1.42. The van der Waals surface area contributed by atoms with E-state index in [2.05, 4.69) is 15.9 Å². The standard InChI is InChI=1S/C19H25FN2O/c1-14(23)22-9-3-2-8-19(22)11-16(12-19)21-10-7-15-5-4-6-18(20)17(15)13-21/h4-6,16H,2-3,7-13H2,1H3. The number of halogens is 1. The highest BCUT2D eigenvalue weighted by Gasteiger charge is 2.52. The number of nitrogens with zero attached hydrogens (tertiary/aromatic N) is 2. The molecule has 4 rings (SSSR count). The summed E-state index contributed by atoms with van der Waals surface area (Å²) in [5.74, 6) is 0.155. The van der Waals surface area contributed by atoms with Crippen LogP contribution in [0.4, 0.5) is 4.39 Å². The number of hydrogen-bond acceptors (Lipinski definition) is 2. The van der Waals surface area contributed by atoms with Gasteiger partial charge in [0.25, 0.3) is 0 Å². The molecule has 124 valence electrons. The first-order chi connectivity index (χ1) is 11.1. The number of carbonyl (C=O) groups is 1. The first-order valence-electron chi connectivity index (χ1n) is 8.88. The molecule has 0 bridgehead atoms. The third kappa shape index (κ3) is 2.47. The van der Waals surface area contributed by atoms with Crippen LogP contribution in [0.2, 0.25) is 0 Å². The normalized spacial score (nSPS) is 30.9. The van der Waals surface area contributed by atoms with E-state index in [-0.39, 0.29) is 17.3 Å². The zero-order valence-corrected chi connectivity index (χ0v) is 13.9. The number of benzene rings is 1. The average Bonchev–Trinajstić information content (AvgIpc) is 2.52. The molecule has 23 heavy (non-hydrogen) atoms. The molecule has 1 aliphatic carbocycles. The van der Waals surface area contributed by atoms with Gasteiger partial charge >= 0.3 is 0 Å². The zero-order chi connectivity index (χ0) is 16.0. The maximum absolute atomic E-state index is 14.1. The average molecular weight is 316 g/mol. The van der Waals surface area contributed by atoms with E-state index in [1.165, 1.54) is 12.0 Å². The minimum atomic E-state index is -0.0655. The van der Waals surface area contributed by atoms with Crippen molar-refractivity contribution < 1.29 is 9.18 Å². The van der Waals surface area contributed by atoms with E-state index in [0.29, 0.717) is 6.04 Å². The summed E-state index contributed by atoms with van der Waals surface area (Å²) in [6.07, 6.45) is 6.57. The topological polar surface area (TPSA) is 23.6 Å². The van der Waals surface area contributed by atoms with Crippen LogP contribution in [0.5, 0.6) is 0 Å². The third-order valence-electron chi connectivity index (χ3n) is 6.22. The predicted molar refractivity (Wildman–Crippen MR) is 87.5 cm³/mol. The summed E-state index contributed by atoms with van der Waals surface area (Å²) in [5, 5.41) is 0. The summed E-state index contributed by atoms with van der Waals surface area (Å²) in [7, 11) is 0. The first-order valence-corrected chi connectivity index (χ1v) is 8.88. The van der Waals surface area contributed by atoms with Gasteiger partial charge in [0.2, 0.25) is 5.91 Å². The fourth-order valence-corrected chi connectivity index (χ4v) is 4.96. The molecule has 0 aromatic heterocycles. The van der Waals surface area contributed by atoms with Crippen LogP contribution in [-0.2, 0) is 17.8 Å². The van der Waals surface area contributed by atoms with Gasteiger partial charge in [0.1, 0.15) is 5.82 Å². The number of likely N-dealkylation sites (tertiary alicyclic amines) is 1.